The van der Waals surface area contributed by atoms with Crippen molar-refractivity contribution in [2.45, 2.75) is 6.42 Å². The number of nitrogen functional groups attached to an aromatic ring is 2. The second-order valence-electron chi connectivity index (χ2n) is 6.37. The normalized spacial score (nSPS) is 11.5. The Bertz CT molecular complexity index is 1200. The van der Waals surface area contributed by atoms with Crippen LogP contribution >= 0.6 is 7.60 Å². The monoisotopic (exact) mass is 486 g/mol. The summed E-state index contributed by atoms with van der Waals surface area (Å²) >= 11 is 0. The molecule has 0 bridgehead atoms. The van der Waals surface area contributed by atoms with Gasteiger partial charge in [-0.25, -0.2) is 9.55 Å². The van der Waals surface area contributed by atoms with Gasteiger partial charge < -0.3 is 30.4 Å². The first-order chi connectivity index (χ1) is 14.8. The molecule has 2 aromatic carbocycles. The fourth-order valence-corrected chi connectivity index (χ4v) is 3.87. The number of methoxy groups -OCH3 is 2. The molecule has 1 aromatic heterocycles. The van der Waals surface area contributed by atoms with Gasteiger partial charge in [-0.2, -0.15) is 4.98 Å². The van der Waals surface area contributed by atoms with Gasteiger partial charge in [-0.1, -0.05) is 18.2 Å². The molecule has 9 nitrogen and oxygen atoms in total. The van der Waals surface area contributed by atoms with Crippen molar-refractivity contribution >= 4 is 83.8 Å². The SMILES string of the molecule is COc1cc(Cc2cnc(N)nc2N)cc(P(=O)(O)OC#Cc2ccccc2)c1OC.[Na].[Na]. The summed E-state index contributed by atoms with van der Waals surface area (Å²) in [6.45, 7) is 0. The van der Waals surface area contributed by atoms with Gasteiger partial charge in [0.2, 0.25) is 5.95 Å². The van der Waals surface area contributed by atoms with Gasteiger partial charge in [0.15, 0.2) is 11.5 Å². The van der Waals surface area contributed by atoms with Crippen LogP contribution in [0.1, 0.15) is 16.7 Å². The molecular formula is C21H21N4Na2O5P. The fraction of sp³-hybridized carbons (Fsp3) is 0.143. The molecule has 33 heavy (non-hydrogen) atoms. The predicted octanol–water partition coefficient (Wildman–Crippen LogP) is 1.32. The molecule has 0 fully saturated rings. The number of rotatable bonds is 6. The number of nitrogens with two attached hydrogens (primary N) is 2. The van der Waals surface area contributed by atoms with E-state index in [0.29, 0.717) is 16.7 Å². The molecule has 1 unspecified atom stereocenters. The average Bonchev–Trinajstić information content (AvgIpc) is 2.75. The third-order valence-electron chi connectivity index (χ3n) is 4.27. The van der Waals surface area contributed by atoms with Crippen LogP contribution in [0.3, 0.4) is 0 Å². The Balaban J connectivity index is 0.00000272. The number of nitrogens with zero attached hydrogens (tertiary/aromatic N) is 2. The first-order valence-corrected chi connectivity index (χ1v) is 10.6. The number of hydrogen-bond acceptors (Lipinski definition) is 8. The summed E-state index contributed by atoms with van der Waals surface area (Å²) < 4.78 is 28.7. The molecule has 1 heterocycles. The molecule has 5 N–H and O–H groups in total. The number of benzene rings is 2. The van der Waals surface area contributed by atoms with E-state index in [-0.39, 0.29) is 94.1 Å². The molecule has 3 rings (SSSR count). The van der Waals surface area contributed by atoms with Crippen LogP contribution in [0.25, 0.3) is 0 Å². The molecule has 3 aromatic rings. The minimum atomic E-state index is -4.39. The Morgan fingerprint density at radius 3 is 2.39 bits per heavy atom. The van der Waals surface area contributed by atoms with Crippen LogP contribution in [0.5, 0.6) is 11.5 Å². The summed E-state index contributed by atoms with van der Waals surface area (Å²) in [5.41, 5.74) is 13.3. The third kappa shape index (κ3) is 7.64. The summed E-state index contributed by atoms with van der Waals surface area (Å²) in [6.07, 6.45) is 4.05. The molecule has 0 aliphatic rings. The Morgan fingerprint density at radius 1 is 1.09 bits per heavy atom. The van der Waals surface area contributed by atoms with E-state index < -0.39 is 7.60 Å². The van der Waals surface area contributed by atoms with Crippen molar-refractivity contribution in [3.63, 3.8) is 0 Å². The van der Waals surface area contributed by atoms with Crippen molar-refractivity contribution in [3.05, 3.63) is 65.4 Å². The number of aromatic nitrogens is 2. The van der Waals surface area contributed by atoms with Gasteiger partial charge in [0, 0.05) is 82.9 Å². The predicted molar refractivity (Wildman–Crippen MR) is 129 cm³/mol. The van der Waals surface area contributed by atoms with Gasteiger partial charge in [0.1, 0.15) is 17.2 Å². The summed E-state index contributed by atoms with van der Waals surface area (Å²) in [5.74, 6) is 3.27. The maximum absolute atomic E-state index is 13.0. The molecule has 0 saturated heterocycles. The minimum absolute atomic E-state index is 0. The van der Waals surface area contributed by atoms with E-state index in [9.17, 15) is 9.46 Å². The van der Waals surface area contributed by atoms with Crippen molar-refractivity contribution in [3.8, 4) is 23.5 Å². The van der Waals surface area contributed by atoms with Gasteiger partial charge in [-0.05, 0) is 35.7 Å². The summed E-state index contributed by atoms with van der Waals surface area (Å²) in [6, 6.07) is 12.1. The summed E-state index contributed by atoms with van der Waals surface area (Å²) in [5, 5.41) is -0.0957. The molecule has 0 amide bonds. The van der Waals surface area contributed by atoms with Crippen molar-refractivity contribution < 1.29 is 23.5 Å². The van der Waals surface area contributed by atoms with Gasteiger partial charge >= 0.3 is 7.60 Å². The zero-order valence-electron chi connectivity index (χ0n) is 18.9. The number of ether oxygens (including phenoxy) is 2. The van der Waals surface area contributed by atoms with Gasteiger partial charge in [0.05, 0.1) is 14.2 Å². The average molecular weight is 486 g/mol. The van der Waals surface area contributed by atoms with Crippen molar-refractivity contribution in [2.24, 2.45) is 0 Å². The first kappa shape index (κ1) is 29.3. The van der Waals surface area contributed by atoms with Crippen LogP contribution in [0, 0.1) is 12.0 Å². The topological polar surface area (TPSA) is 143 Å². The Morgan fingerprint density at radius 2 is 1.79 bits per heavy atom. The van der Waals surface area contributed by atoms with Crippen LogP contribution in [0.4, 0.5) is 11.8 Å². The number of anilines is 2. The van der Waals surface area contributed by atoms with Gasteiger partial charge in [-0.3, -0.25) is 0 Å². The van der Waals surface area contributed by atoms with Crippen LogP contribution in [0.2, 0.25) is 0 Å². The van der Waals surface area contributed by atoms with E-state index in [0.717, 1.165) is 0 Å². The van der Waals surface area contributed by atoms with Gasteiger partial charge in [0.25, 0.3) is 0 Å². The molecule has 2 radical (unpaired) electrons. The summed E-state index contributed by atoms with van der Waals surface area (Å²) in [4.78, 5) is 18.5. The zero-order valence-corrected chi connectivity index (χ0v) is 23.8. The molecule has 162 valence electrons. The second kappa shape index (κ2) is 13.2. The quantitative estimate of drug-likeness (QED) is 0.267. The Kier molecular flexibility index (Phi) is 11.7. The molecule has 0 aliphatic heterocycles. The zero-order chi connectivity index (χ0) is 22.4. The molecule has 0 spiro atoms. The second-order valence-corrected chi connectivity index (χ2v) is 8.08. The smallest absolute Gasteiger partial charge is 0.420 e. The van der Waals surface area contributed by atoms with Crippen LogP contribution in [-0.4, -0.2) is 88.2 Å². The maximum Gasteiger partial charge on any atom is 0.420 e. The Labute approximate surface area is 236 Å². The van der Waals surface area contributed by atoms with Crippen LogP contribution < -0.4 is 26.2 Å². The Hall–Kier alpha value is -1.73. The summed E-state index contributed by atoms with van der Waals surface area (Å²) in [7, 11) is -1.60. The van der Waals surface area contributed by atoms with Crippen molar-refractivity contribution in [2.75, 3.05) is 25.7 Å². The number of hydrogen-bond donors (Lipinski definition) is 3. The van der Waals surface area contributed by atoms with E-state index in [2.05, 4.69) is 22.0 Å². The van der Waals surface area contributed by atoms with Gasteiger partial charge in [-0.15, -0.1) is 0 Å². The van der Waals surface area contributed by atoms with E-state index in [4.69, 9.17) is 25.5 Å². The standard InChI is InChI=1S/C21H21N4O5P.2Na/c1-28-17-11-15(10-16-13-24-21(23)25-20(16)22)12-18(19(17)29-2)31(26,27)30-9-8-14-6-4-3-5-7-14;;/h3-7,11-13H,10H2,1-2H3,(H,26,27)(H4,22,23,24,25);;. The van der Waals surface area contributed by atoms with E-state index in [1.807, 2.05) is 6.07 Å². The minimum Gasteiger partial charge on any atom is -0.493 e. The molecule has 0 aliphatic carbocycles. The van der Waals surface area contributed by atoms with Crippen LogP contribution in [0.15, 0.2) is 48.7 Å². The molecule has 1 atom stereocenters. The van der Waals surface area contributed by atoms with E-state index >= 15 is 0 Å². The molecule has 12 heteroatoms. The van der Waals surface area contributed by atoms with Crippen molar-refractivity contribution in [1.29, 1.82) is 0 Å². The maximum atomic E-state index is 13.0. The van der Waals surface area contributed by atoms with E-state index in [1.165, 1.54) is 26.5 Å². The fourth-order valence-electron chi connectivity index (χ4n) is 2.82. The third-order valence-corrected chi connectivity index (χ3v) is 5.55. The first-order valence-electron chi connectivity index (χ1n) is 9.04. The molecular weight excluding hydrogens is 465 g/mol. The largest absolute Gasteiger partial charge is 0.493 e. The van der Waals surface area contributed by atoms with Crippen molar-refractivity contribution in [1.82, 2.24) is 9.97 Å². The van der Waals surface area contributed by atoms with Crippen LogP contribution in [-0.2, 0) is 15.5 Å². The molecule has 0 saturated carbocycles. The van der Waals surface area contributed by atoms with E-state index in [1.54, 1.807) is 30.3 Å².